The summed E-state index contributed by atoms with van der Waals surface area (Å²) in [7, 11) is 0. The van der Waals surface area contributed by atoms with Gasteiger partial charge in [0, 0.05) is 12.2 Å². The van der Waals surface area contributed by atoms with Crippen LogP contribution in [0.15, 0.2) is 18.3 Å². The van der Waals surface area contributed by atoms with E-state index in [1.54, 1.807) is 6.20 Å². The summed E-state index contributed by atoms with van der Waals surface area (Å²) >= 11 is 0. The highest BCUT2D eigenvalue weighted by Gasteiger charge is 2.32. The van der Waals surface area contributed by atoms with E-state index < -0.39 is 5.97 Å². The topological polar surface area (TPSA) is 53.4 Å². The van der Waals surface area contributed by atoms with Gasteiger partial charge in [0.25, 0.3) is 0 Å². The standard InChI is InChI=1S/C13H16N2O2/c16-13(17)8-15(11-3-4-11)12-7-10(5-6-14-12)9-1-2-9/h5-7,9,11H,1-4,8H2,(H,16,17). The molecule has 0 aromatic carbocycles. The van der Waals surface area contributed by atoms with Gasteiger partial charge in [0.15, 0.2) is 0 Å². The van der Waals surface area contributed by atoms with Crippen molar-refractivity contribution in [1.82, 2.24) is 4.98 Å². The highest BCUT2D eigenvalue weighted by atomic mass is 16.4. The maximum absolute atomic E-state index is 10.9. The smallest absolute Gasteiger partial charge is 0.323 e. The molecule has 2 saturated carbocycles. The Hall–Kier alpha value is -1.58. The van der Waals surface area contributed by atoms with E-state index in [2.05, 4.69) is 11.1 Å². The van der Waals surface area contributed by atoms with E-state index in [4.69, 9.17) is 5.11 Å². The van der Waals surface area contributed by atoms with Gasteiger partial charge in [0.2, 0.25) is 0 Å². The second-order valence-corrected chi connectivity index (χ2v) is 4.97. The highest BCUT2D eigenvalue weighted by Crippen LogP contribution is 2.41. The number of carboxylic acid groups (broad SMARTS) is 1. The van der Waals surface area contributed by atoms with Gasteiger partial charge in [-0.1, -0.05) is 0 Å². The lowest BCUT2D eigenvalue weighted by Gasteiger charge is -2.21. The number of rotatable bonds is 5. The first-order valence-corrected chi connectivity index (χ1v) is 6.18. The molecule has 3 rings (SSSR count). The van der Waals surface area contributed by atoms with Crippen molar-refractivity contribution in [1.29, 1.82) is 0 Å². The third-order valence-electron chi connectivity index (χ3n) is 3.41. The molecule has 4 nitrogen and oxygen atoms in total. The number of anilines is 1. The van der Waals surface area contributed by atoms with Crippen LogP contribution in [0, 0.1) is 0 Å². The maximum Gasteiger partial charge on any atom is 0.323 e. The fraction of sp³-hybridized carbons (Fsp3) is 0.538. The van der Waals surface area contributed by atoms with E-state index in [-0.39, 0.29) is 6.54 Å². The molecule has 2 aliphatic rings. The number of aliphatic carboxylic acids is 1. The molecule has 1 aromatic heterocycles. The lowest BCUT2D eigenvalue weighted by molar-refractivity contribution is -0.135. The van der Waals surface area contributed by atoms with E-state index in [9.17, 15) is 4.79 Å². The van der Waals surface area contributed by atoms with Crippen molar-refractivity contribution in [3.63, 3.8) is 0 Å². The summed E-state index contributed by atoms with van der Waals surface area (Å²) in [5.41, 5.74) is 1.31. The first-order chi connectivity index (χ1) is 8.24. The molecule has 2 fully saturated rings. The fourth-order valence-corrected chi connectivity index (χ4v) is 2.19. The Labute approximate surface area is 100 Å². The van der Waals surface area contributed by atoms with Crippen molar-refractivity contribution >= 4 is 11.8 Å². The first-order valence-electron chi connectivity index (χ1n) is 6.18. The molecule has 90 valence electrons. The molecular formula is C13H16N2O2. The van der Waals surface area contributed by atoms with Gasteiger partial charge in [0.05, 0.1) is 0 Å². The number of carbonyl (C=O) groups is 1. The average molecular weight is 232 g/mol. The van der Waals surface area contributed by atoms with Crippen LogP contribution in [-0.2, 0) is 4.79 Å². The third kappa shape index (κ3) is 2.40. The monoisotopic (exact) mass is 232 g/mol. The van der Waals surface area contributed by atoms with Crippen LogP contribution in [0.1, 0.15) is 37.2 Å². The van der Waals surface area contributed by atoms with Gasteiger partial charge in [-0.3, -0.25) is 4.79 Å². The van der Waals surface area contributed by atoms with E-state index in [1.165, 1.54) is 18.4 Å². The maximum atomic E-state index is 10.9. The second-order valence-electron chi connectivity index (χ2n) is 4.97. The summed E-state index contributed by atoms with van der Waals surface area (Å²) in [6.45, 7) is 0.0613. The highest BCUT2D eigenvalue weighted by molar-refractivity contribution is 5.73. The van der Waals surface area contributed by atoms with E-state index in [0.717, 1.165) is 18.7 Å². The largest absolute Gasteiger partial charge is 0.480 e. The number of carboxylic acids is 1. The molecule has 0 radical (unpaired) electrons. The first kappa shape index (κ1) is 10.6. The predicted molar refractivity (Wildman–Crippen MR) is 64.2 cm³/mol. The Morgan fingerprint density at radius 2 is 2.18 bits per heavy atom. The number of nitrogens with zero attached hydrogens (tertiary/aromatic N) is 2. The number of aromatic nitrogens is 1. The van der Waals surface area contributed by atoms with E-state index in [1.807, 2.05) is 11.0 Å². The SMILES string of the molecule is O=C(O)CN(c1cc(C2CC2)ccn1)C1CC1. The molecule has 0 bridgehead atoms. The van der Waals surface area contributed by atoms with Crippen LogP contribution in [0.2, 0.25) is 0 Å². The van der Waals surface area contributed by atoms with Crippen LogP contribution >= 0.6 is 0 Å². The molecule has 0 unspecified atom stereocenters. The zero-order valence-corrected chi connectivity index (χ0v) is 9.67. The lowest BCUT2D eigenvalue weighted by Crippen LogP contribution is -2.32. The van der Waals surface area contributed by atoms with E-state index >= 15 is 0 Å². The Kier molecular flexibility index (Phi) is 2.50. The zero-order chi connectivity index (χ0) is 11.8. The second kappa shape index (κ2) is 4.02. The van der Waals surface area contributed by atoms with Crippen LogP contribution < -0.4 is 4.90 Å². The van der Waals surface area contributed by atoms with Crippen molar-refractivity contribution in [2.75, 3.05) is 11.4 Å². The quantitative estimate of drug-likeness (QED) is 0.843. The van der Waals surface area contributed by atoms with Crippen molar-refractivity contribution < 1.29 is 9.90 Å². The molecule has 0 saturated heterocycles. The normalized spacial score (nSPS) is 19.1. The molecule has 0 atom stereocenters. The van der Waals surface area contributed by atoms with Gasteiger partial charge in [0.1, 0.15) is 12.4 Å². The Morgan fingerprint density at radius 3 is 2.76 bits per heavy atom. The molecule has 1 N–H and O–H groups in total. The van der Waals surface area contributed by atoms with Gasteiger partial charge in [-0.15, -0.1) is 0 Å². The van der Waals surface area contributed by atoms with Crippen LogP contribution in [0.5, 0.6) is 0 Å². The molecule has 0 spiro atoms. The molecule has 1 heterocycles. The molecule has 0 aliphatic heterocycles. The van der Waals surface area contributed by atoms with Crippen LogP contribution in [0.4, 0.5) is 5.82 Å². The predicted octanol–water partition coefficient (Wildman–Crippen LogP) is 2.01. The van der Waals surface area contributed by atoms with Crippen molar-refractivity contribution in [2.45, 2.75) is 37.6 Å². The van der Waals surface area contributed by atoms with Gasteiger partial charge in [-0.2, -0.15) is 0 Å². The summed E-state index contributed by atoms with van der Waals surface area (Å²) in [5, 5.41) is 8.94. The molecule has 17 heavy (non-hydrogen) atoms. The van der Waals surface area contributed by atoms with Gasteiger partial charge < -0.3 is 10.0 Å². The van der Waals surface area contributed by atoms with Gasteiger partial charge in [-0.05, 0) is 49.3 Å². The molecule has 2 aliphatic carbocycles. The summed E-state index contributed by atoms with van der Waals surface area (Å²) < 4.78 is 0. The van der Waals surface area contributed by atoms with Gasteiger partial charge in [-0.25, -0.2) is 4.98 Å². The van der Waals surface area contributed by atoms with Gasteiger partial charge >= 0.3 is 5.97 Å². The average Bonchev–Trinajstić information content (AvgIpc) is 3.18. The zero-order valence-electron chi connectivity index (χ0n) is 9.67. The third-order valence-corrected chi connectivity index (χ3v) is 3.41. The minimum atomic E-state index is -0.782. The van der Waals surface area contributed by atoms with Crippen LogP contribution in [0.3, 0.4) is 0 Å². The molecule has 1 aromatic rings. The Bertz CT molecular complexity index is 439. The van der Waals surface area contributed by atoms with Crippen molar-refractivity contribution in [2.24, 2.45) is 0 Å². The summed E-state index contributed by atoms with van der Waals surface area (Å²) in [5.74, 6) is 0.734. The van der Waals surface area contributed by atoms with E-state index in [0.29, 0.717) is 12.0 Å². The number of hydrogen-bond acceptors (Lipinski definition) is 3. The summed E-state index contributed by atoms with van der Waals surface area (Å²) in [6.07, 6.45) is 6.49. The summed E-state index contributed by atoms with van der Waals surface area (Å²) in [4.78, 5) is 17.1. The molecule has 0 amide bonds. The van der Waals surface area contributed by atoms with Crippen LogP contribution in [-0.4, -0.2) is 28.6 Å². The minimum Gasteiger partial charge on any atom is -0.480 e. The number of hydrogen-bond donors (Lipinski definition) is 1. The Balaban J connectivity index is 1.83. The van der Waals surface area contributed by atoms with Crippen molar-refractivity contribution in [3.05, 3.63) is 23.9 Å². The van der Waals surface area contributed by atoms with Crippen LogP contribution in [0.25, 0.3) is 0 Å². The minimum absolute atomic E-state index is 0.0613. The Morgan fingerprint density at radius 1 is 1.41 bits per heavy atom. The molecule has 4 heteroatoms. The summed E-state index contributed by atoms with van der Waals surface area (Å²) in [6, 6.07) is 4.50. The lowest BCUT2D eigenvalue weighted by atomic mass is 10.1. The number of pyridine rings is 1. The fourth-order valence-electron chi connectivity index (χ4n) is 2.19. The van der Waals surface area contributed by atoms with Crippen molar-refractivity contribution in [3.8, 4) is 0 Å². The molecular weight excluding hydrogens is 216 g/mol.